The van der Waals surface area contributed by atoms with Gasteiger partial charge in [0, 0.05) is 24.1 Å². The van der Waals surface area contributed by atoms with Gasteiger partial charge in [0.1, 0.15) is 11.5 Å². The van der Waals surface area contributed by atoms with E-state index in [4.69, 9.17) is 4.74 Å². The molecule has 0 spiro atoms. The number of allylic oxidation sites excluding steroid dienone is 1. The van der Waals surface area contributed by atoms with Crippen LogP contribution in [0.15, 0.2) is 54.6 Å². The smallest absolute Gasteiger partial charge is 0.331 e. The standard InChI is InChI=1S/C18H18O4/c1-13(16-8-7-15(19)12-17(16)20)11-18(21)22-10-9-14-5-3-2-4-6-14/h2-8,11-12,19-20H,9-10H2,1H3/b13-11+. The summed E-state index contributed by atoms with van der Waals surface area (Å²) in [5.74, 6) is -0.564. The lowest BCUT2D eigenvalue weighted by Gasteiger charge is -2.06. The zero-order chi connectivity index (χ0) is 15.9. The van der Waals surface area contributed by atoms with Gasteiger partial charge in [0.25, 0.3) is 0 Å². The molecule has 0 amide bonds. The molecule has 2 rings (SSSR count). The fourth-order valence-corrected chi connectivity index (χ4v) is 2.06. The Morgan fingerprint density at radius 2 is 1.86 bits per heavy atom. The van der Waals surface area contributed by atoms with Crippen LogP contribution in [0.1, 0.15) is 18.1 Å². The third kappa shape index (κ3) is 4.38. The Balaban J connectivity index is 1.92. The summed E-state index contributed by atoms with van der Waals surface area (Å²) < 4.78 is 5.16. The maximum atomic E-state index is 11.8. The molecule has 0 aliphatic rings. The quantitative estimate of drug-likeness (QED) is 0.656. The minimum atomic E-state index is -0.457. The van der Waals surface area contributed by atoms with Gasteiger partial charge in [-0.25, -0.2) is 4.79 Å². The number of phenols is 2. The van der Waals surface area contributed by atoms with Crippen LogP contribution >= 0.6 is 0 Å². The highest BCUT2D eigenvalue weighted by atomic mass is 16.5. The Bertz CT molecular complexity index is 675. The molecule has 0 unspecified atom stereocenters. The van der Waals surface area contributed by atoms with Crippen molar-refractivity contribution in [3.05, 3.63) is 65.7 Å². The van der Waals surface area contributed by atoms with Crippen LogP contribution in [-0.2, 0) is 16.0 Å². The predicted molar refractivity (Wildman–Crippen MR) is 84.5 cm³/mol. The van der Waals surface area contributed by atoms with Crippen LogP contribution in [0.2, 0.25) is 0 Å². The number of esters is 1. The van der Waals surface area contributed by atoms with E-state index in [1.807, 2.05) is 30.3 Å². The number of hydrogen-bond acceptors (Lipinski definition) is 4. The molecule has 2 aromatic carbocycles. The van der Waals surface area contributed by atoms with Gasteiger partial charge in [0.05, 0.1) is 6.61 Å². The first-order valence-electron chi connectivity index (χ1n) is 6.97. The van der Waals surface area contributed by atoms with E-state index in [1.165, 1.54) is 18.2 Å². The van der Waals surface area contributed by atoms with Gasteiger partial charge >= 0.3 is 5.97 Å². The van der Waals surface area contributed by atoms with Crippen molar-refractivity contribution in [2.24, 2.45) is 0 Å². The van der Waals surface area contributed by atoms with E-state index >= 15 is 0 Å². The molecule has 0 bridgehead atoms. The Hall–Kier alpha value is -2.75. The molecule has 0 saturated carbocycles. The number of benzene rings is 2. The minimum absolute atomic E-state index is 0.0283. The molecule has 0 heterocycles. The third-order valence-corrected chi connectivity index (χ3v) is 3.22. The van der Waals surface area contributed by atoms with Crippen LogP contribution in [0.3, 0.4) is 0 Å². The summed E-state index contributed by atoms with van der Waals surface area (Å²) in [6, 6.07) is 14.0. The van der Waals surface area contributed by atoms with Crippen LogP contribution in [0, 0.1) is 0 Å². The first kappa shape index (κ1) is 15.6. The van der Waals surface area contributed by atoms with E-state index in [-0.39, 0.29) is 11.5 Å². The van der Waals surface area contributed by atoms with E-state index in [2.05, 4.69) is 0 Å². The highest BCUT2D eigenvalue weighted by molar-refractivity contribution is 5.91. The van der Waals surface area contributed by atoms with Crippen molar-refractivity contribution in [1.29, 1.82) is 0 Å². The summed E-state index contributed by atoms with van der Waals surface area (Å²) in [5, 5.41) is 19.0. The zero-order valence-electron chi connectivity index (χ0n) is 12.3. The summed E-state index contributed by atoms with van der Waals surface area (Å²) in [6.07, 6.45) is 1.99. The molecule has 0 fully saturated rings. The van der Waals surface area contributed by atoms with Crippen molar-refractivity contribution < 1.29 is 19.7 Å². The molecular formula is C18H18O4. The van der Waals surface area contributed by atoms with Crippen molar-refractivity contribution in [2.45, 2.75) is 13.3 Å². The molecule has 114 valence electrons. The van der Waals surface area contributed by atoms with E-state index in [0.29, 0.717) is 24.2 Å². The minimum Gasteiger partial charge on any atom is -0.508 e. The second kappa shape index (κ2) is 7.31. The SMILES string of the molecule is C/C(=C\C(=O)OCCc1ccccc1)c1ccc(O)cc1O. The van der Waals surface area contributed by atoms with Crippen molar-refractivity contribution >= 4 is 11.5 Å². The second-order valence-corrected chi connectivity index (χ2v) is 4.93. The van der Waals surface area contributed by atoms with Crippen LogP contribution in [0.25, 0.3) is 5.57 Å². The molecule has 0 aliphatic heterocycles. The van der Waals surface area contributed by atoms with E-state index in [0.717, 1.165) is 5.56 Å². The number of ether oxygens (including phenoxy) is 1. The number of carbonyl (C=O) groups is 1. The lowest BCUT2D eigenvalue weighted by molar-refractivity contribution is -0.137. The number of aromatic hydroxyl groups is 2. The number of rotatable bonds is 5. The fourth-order valence-electron chi connectivity index (χ4n) is 2.06. The molecule has 0 aliphatic carbocycles. The fraction of sp³-hybridized carbons (Fsp3) is 0.167. The number of carbonyl (C=O) groups excluding carboxylic acids is 1. The molecule has 0 radical (unpaired) electrons. The lowest BCUT2D eigenvalue weighted by Crippen LogP contribution is -2.05. The maximum absolute atomic E-state index is 11.8. The molecule has 2 aromatic rings. The molecule has 4 heteroatoms. The third-order valence-electron chi connectivity index (χ3n) is 3.22. The van der Waals surface area contributed by atoms with Crippen molar-refractivity contribution in [2.75, 3.05) is 6.61 Å². The van der Waals surface area contributed by atoms with E-state index < -0.39 is 5.97 Å². The Labute approximate surface area is 129 Å². The van der Waals surface area contributed by atoms with E-state index in [9.17, 15) is 15.0 Å². The molecule has 0 aromatic heterocycles. The van der Waals surface area contributed by atoms with Gasteiger partial charge in [-0.2, -0.15) is 0 Å². The maximum Gasteiger partial charge on any atom is 0.331 e. The molecule has 2 N–H and O–H groups in total. The first-order valence-corrected chi connectivity index (χ1v) is 6.97. The van der Waals surface area contributed by atoms with Crippen LogP contribution in [-0.4, -0.2) is 22.8 Å². The monoisotopic (exact) mass is 298 g/mol. The largest absolute Gasteiger partial charge is 0.508 e. The normalized spacial score (nSPS) is 11.2. The van der Waals surface area contributed by atoms with Crippen LogP contribution < -0.4 is 0 Å². The molecule has 0 atom stereocenters. The predicted octanol–water partition coefficient (Wildman–Crippen LogP) is 3.29. The van der Waals surface area contributed by atoms with Gasteiger partial charge in [0.15, 0.2) is 0 Å². The molecular weight excluding hydrogens is 280 g/mol. The lowest BCUT2D eigenvalue weighted by atomic mass is 10.1. The highest BCUT2D eigenvalue weighted by Gasteiger charge is 2.07. The zero-order valence-corrected chi connectivity index (χ0v) is 12.3. The van der Waals surface area contributed by atoms with Gasteiger partial charge in [-0.1, -0.05) is 30.3 Å². The first-order chi connectivity index (χ1) is 10.6. The second-order valence-electron chi connectivity index (χ2n) is 4.93. The molecule has 22 heavy (non-hydrogen) atoms. The van der Waals surface area contributed by atoms with Crippen molar-refractivity contribution in [1.82, 2.24) is 0 Å². The average molecular weight is 298 g/mol. The van der Waals surface area contributed by atoms with Crippen molar-refractivity contribution in [3.63, 3.8) is 0 Å². The molecule has 4 nitrogen and oxygen atoms in total. The van der Waals surface area contributed by atoms with Gasteiger partial charge in [0.2, 0.25) is 0 Å². The summed E-state index contributed by atoms with van der Waals surface area (Å²) in [7, 11) is 0. The van der Waals surface area contributed by atoms with Gasteiger partial charge in [-0.3, -0.25) is 0 Å². The number of phenolic OH excluding ortho intramolecular Hbond substituents is 2. The summed E-state index contributed by atoms with van der Waals surface area (Å²) >= 11 is 0. The summed E-state index contributed by atoms with van der Waals surface area (Å²) in [5.41, 5.74) is 2.16. The van der Waals surface area contributed by atoms with E-state index in [1.54, 1.807) is 13.0 Å². The number of hydrogen-bond donors (Lipinski definition) is 2. The Morgan fingerprint density at radius 1 is 1.14 bits per heavy atom. The Morgan fingerprint density at radius 3 is 2.55 bits per heavy atom. The van der Waals surface area contributed by atoms with Gasteiger partial charge in [-0.05, 0) is 30.2 Å². The topological polar surface area (TPSA) is 66.8 Å². The summed E-state index contributed by atoms with van der Waals surface area (Å²) in [6.45, 7) is 2.00. The molecule has 0 saturated heterocycles. The van der Waals surface area contributed by atoms with Crippen LogP contribution in [0.4, 0.5) is 0 Å². The average Bonchev–Trinajstić information content (AvgIpc) is 2.48. The van der Waals surface area contributed by atoms with Gasteiger partial charge in [-0.15, -0.1) is 0 Å². The van der Waals surface area contributed by atoms with Gasteiger partial charge < -0.3 is 14.9 Å². The summed E-state index contributed by atoms with van der Waals surface area (Å²) in [4.78, 5) is 11.8. The van der Waals surface area contributed by atoms with Crippen molar-refractivity contribution in [3.8, 4) is 11.5 Å². The highest BCUT2D eigenvalue weighted by Crippen LogP contribution is 2.28. The Kier molecular flexibility index (Phi) is 5.20. The van der Waals surface area contributed by atoms with Crippen LogP contribution in [0.5, 0.6) is 11.5 Å².